The van der Waals surface area contributed by atoms with E-state index in [2.05, 4.69) is 114 Å². The van der Waals surface area contributed by atoms with E-state index < -0.39 is 0 Å². The van der Waals surface area contributed by atoms with Crippen LogP contribution in [0.25, 0.3) is 93.0 Å². The highest BCUT2D eigenvalue weighted by Crippen LogP contribution is 2.45. The molecule has 0 fully saturated rings. The van der Waals surface area contributed by atoms with Gasteiger partial charge in [-0.25, -0.2) is 15.0 Å². The third-order valence-corrected chi connectivity index (χ3v) is 10.7. The summed E-state index contributed by atoms with van der Waals surface area (Å²) in [6.45, 7) is 0. The van der Waals surface area contributed by atoms with Gasteiger partial charge in [-0.15, -0.1) is 11.3 Å². The maximum Gasteiger partial charge on any atom is 0.164 e. The fraction of sp³-hybridized carbons (Fsp3) is 0. The monoisotopic (exact) mass is 656 g/mol. The molecule has 0 spiro atoms. The first-order valence-corrected chi connectivity index (χ1v) is 17.5. The van der Waals surface area contributed by atoms with E-state index in [1.165, 1.54) is 42.1 Å². The lowest BCUT2D eigenvalue weighted by Crippen LogP contribution is -2.00. The molecular weight excluding hydrogens is 629 g/mol. The Bertz CT molecular complexity index is 2800. The highest BCUT2D eigenvalue weighted by atomic mass is 32.1. The summed E-state index contributed by atoms with van der Waals surface area (Å²) in [7, 11) is 0. The second-order valence-corrected chi connectivity index (χ2v) is 13.5. The summed E-state index contributed by atoms with van der Waals surface area (Å²) in [5.41, 5.74) is 8.68. The summed E-state index contributed by atoms with van der Waals surface area (Å²) in [6.07, 6.45) is 0. The number of nitrogens with zero attached hydrogens (tertiary/aromatic N) is 4. The van der Waals surface area contributed by atoms with Gasteiger partial charge in [-0.1, -0.05) is 140 Å². The Morgan fingerprint density at radius 1 is 0.400 bits per heavy atom. The number of aromatic nitrogens is 4. The van der Waals surface area contributed by atoms with Crippen LogP contribution in [0.4, 0.5) is 0 Å². The molecule has 0 aliphatic carbocycles. The smallest absolute Gasteiger partial charge is 0.164 e. The van der Waals surface area contributed by atoms with Gasteiger partial charge in [0.15, 0.2) is 17.5 Å². The summed E-state index contributed by atoms with van der Waals surface area (Å²) < 4.78 is 4.99. The largest absolute Gasteiger partial charge is 0.309 e. The van der Waals surface area contributed by atoms with E-state index in [0.717, 1.165) is 33.4 Å². The first kappa shape index (κ1) is 28.6. The van der Waals surface area contributed by atoms with Crippen LogP contribution in [0.1, 0.15) is 0 Å². The molecule has 50 heavy (non-hydrogen) atoms. The van der Waals surface area contributed by atoms with Gasteiger partial charge in [0.1, 0.15) is 0 Å². The molecule has 10 rings (SSSR count). The first-order chi connectivity index (χ1) is 24.8. The van der Waals surface area contributed by atoms with Gasteiger partial charge >= 0.3 is 0 Å². The van der Waals surface area contributed by atoms with Crippen LogP contribution in [0.15, 0.2) is 170 Å². The van der Waals surface area contributed by atoms with Crippen LogP contribution in [-0.2, 0) is 0 Å². The summed E-state index contributed by atoms with van der Waals surface area (Å²) in [4.78, 5) is 15.0. The molecule has 5 heteroatoms. The molecule has 0 aliphatic rings. The topological polar surface area (TPSA) is 43.6 Å². The number of thiophene rings is 1. The Labute approximate surface area is 292 Å². The van der Waals surface area contributed by atoms with Crippen molar-refractivity contribution in [1.82, 2.24) is 19.5 Å². The van der Waals surface area contributed by atoms with Crippen molar-refractivity contribution in [3.05, 3.63) is 170 Å². The molecule has 4 nitrogen and oxygen atoms in total. The maximum atomic E-state index is 5.05. The number of fused-ring (bicyclic) bond motifs is 6. The van der Waals surface area contributed by atoms with Crippen LogP contribution < -0.4 is 0 Å². The van der Waals surface area contributed by atoms with E-state index in [-0.39, 0.29) is 0 Å². The van der Waals surface area contributed by atoms with Crippen molar-refractivity contribution in [2.45, 2.75) is 0 Å². The van der Waals surface area contributed by atoms with Crippen LogP contribution in [0, 0.1) is 0 Å². The number of para-hydroxylation sites is 1. The van der Waals surface area contributed by atoms with Crippen molar-refractivity contribution in [2.24, 2.45) is 0 Å². The molecular formula is C45H28N4S. The third-order valence-electron chi connectivity index (χ3n) is 9.46. The Morgan fingerprint density at radius 2 is 0.980 bits per heavy atom. The zero-order valence-electron chi connectivity index (χ0n) is 26.9. The minimum Gasteiger partial charge on any atom is -0.309 e. The highest BCUT2D eigenvalue weighted by molar-refractivity contribution is 7.26. The van der Waals surface area contributed by atoms with E-state index in [0.29, 0.717) is 17.5 Å². The van der Waals surface area contributed by atoms with E-state index in [4.69, 9.17) is 15.0 Å². The van der Waals surface area contributed by atoms with Crippen LogP contribution in [0.3, 0.4) is 0 Å². The molecule has 0 bridgehead atoms. The first-order valence-electron chi connectivity index (χ1n) is 16.7. The molecule has 0 aliphatic heterocycles. The molecule has 10 aromatic rings. The van der Waals surface area contributed by atoms with Crippen molar-refractivity contribution in [3.8, 4) is 51.0 Å². The van der Waals surface area contributed by atoms with E-state index in [9.17, 15) is 0 Å². The molecule has 0 amide bonds. The standard InChI is InChI=1S/C45H28N4S/c1-4-14-29(15-5-1)43-46-44(30-16-6-2-7-17-30)48-45(47-43)31-26-27-37-39(28-31)49(32-18-8-3-9-19-32)38-24-13-21-34(41(37)38)36-23-12-22-35-33-20-10-11-25-40(33)50-42(35)36/h1-28H. The zero-order chi connectivity index (χ0) is 33.0. The predicted octanol–water partition coefficient (Wildman–Crippen LogP) is 12.0. The number of hydrogen-bond donors (Lipinski definition) is 0. The molecule has 0 N–H and O–H groups in total. The number of hydrogen-bond acceptors (Lipinski definition) is 4. The molecule has 0 unspecified atom stereocenters. The molecule has 7 aromatic carbocycles. The summed E-state index contributed by atoms with van der Waals surface area (Å²) in [5, 5.41) is 5.02. The number of benzene rings is 7. The lowest BCUT2D eigenvalue weighted by Gasteiger charge is -2.10. The lowest BCUT2D eigenvalue weighted by molar-refractivity contribution is 1.07. The maximum absolute atomic E-state index is 5.05. The van der Waals surface area contributed by atoms with Gasteiger partial charge < -0.3 is 4.57 Å². The van der Waals surface area contributed by atoms with Crippen molar-refractivity contribution in [2.75, 3.05) is 0 Å². The van der Waals surface area contributed by atoms with Gasteiger partial charge in [-0.3, -0.25) is 0 Å². The molecule has 3 heterocycles. The quantitative estimate of drug-likeness (QED) is 0.185. The highest BCUT2D eigenvalue weighted by Gasteiger charge is 2.20. The average molecular weight is 657 g/mol. The second kappa shape index (κ2) is 11.6. The van der Waals surface area contributed by atoms with Crippen molar-refractivity contribution in [1.29, 1.82) is 0 Å². The molecule has 3 aromatic heterocycles. The summed E-state index contributed by atoms with van der Waals surface area (Å²) >= 11 is 1.87. The van der Waals surface area contributed by atoms with Crippen molar-refractivity contribution in [3.63, 3.8) is 0 Å². The van der Waals surface area contributed by atoms with E-state index in [1.54, 1.807) is 0 Å². The van der Waals surface area contributed by atoms with Gasteiger partial charge in [0.2, 0.25) is 0 Å². The average Bonchev–Trinajstić information content (AvgIpc) is 3.74. The van der Waals surface area contributed by atoms with Gasteiger partial charge in [0.25, 0.3) is 0 Å². The molecule has 0 radical (unpaired) electrons. The Morgan fingerprint density at radius 3 is 1.70 bits per heavy atom. The molecule has 0 saturated carbocycles. The van der Waals surface area contributed by atoms with Gasteiger partial charge in [-0.2, -0.15) is 0 Å². The molecule has 0 atom stereocenters. The third kappa shape index (κ3) is 4.63. The SMILES string of the molecule is c1ccc(-c2nc(-c3ccccc3)nc(-c3ccc4c5c(-c6cccc7c6sc6ccccc67)cccc5n(-c5ccccc5)c4c3)n2)cc1. The predicted molar refractivity (Wildman–Crippen MR) is 209 cm³/mol. The van der Waals surface area contributed by atoms with Crippen LogP contribution in [0.5, 0.6) is 0 Å². The Hall–Kier alpha value is -6.43. The van der Waals surface area contributed by atoms with Gasteiger partial charge in [0, 0.05) is 58.9 Å². The number of rotatable bonds is 5. The van der Waals surface area contributed by atoms with Crippen LogP contribution in [0.2, 0.25) is 0 Å². The Balaban J connectivity index is 1.25. The van der Waals surface area contributed by atoms with Crippen LogP contribution >= 0.6 is 11.3 Å². The van der Waals surface area contributed by atoms with E-state index in [1.807, 2.05) is 72.0 Å². The fourth-order valence-corrected chi connectivity index (χ4v) is 8.41. The van der Waals surface area contributed by atoms with E-state index >= 15 is 0 Å². The Kier molecular flexibility index (Phi) is 6.64. The van der Waals surface area contributed by atoms with Crippen LogP contribution in [-0.4, -0.2) is 19.5 Å². The fourth-order valence-electron chi connectivity index (χ4n) is 7.18. The molecule has 0 saturated heterocycles. The summed E-state index contributed by atoms with van der Waals surface area (Å²) in [5.74, 6) is 1.94. The molecule has 234 valence electrons. The zero-order valence-corrected chi connectivity index (χ0v) is 27.7. The van der Waals surface area contributed by atoms with Crippen molar-refractivity contribution >= 4 is 53.3 Å². The van der Waals surface area contributed by atoms with Gasteiger partial charge in [-0.05, 0) is 35.9 Å². The second-order valence-electron chi connectivity index (χ2n) is 12.4. The minimum absolute atomic E-state index is 0.639. The van der Waals surface area contributed by atoms with Crippen molar-refractivity contribution < 1.29 is 0 Å². The van der Waals surface area contributed by atoms with Gasteiger partial charge in [0.05, 0.1) is 11.0 Å². The summed E-state index contributed by atoms with van der Waals surface area (Å²) in [6, 6.07) is 59.6. The minimum atomic E-state index is 0.639. The normalized spacial score (nSPS) is 11.6. The lowest BCUT2D eigenvalue weighted by atomic mass is 9.97.